The van der Waals surface area contributed by atoms with E-state index in [1.54, 1.807) is 0 Å². The molecule has 1 heterocycles. The van der Waals surface area contributed by atoms with Gasteiger partial charge in [-0.05, 0) is 37.5 Å². The minimum atomic E-state index is 0.733. The van der Waals surface area contributed by atoms with Gasteiger partial charge in [-0.2, -0.15) is 0 Å². The summed E-state index contributed by atoms with van der Waals surface area (Å²) >= 11 is 0. The first-order valence-corrected chi connectivity index (χ1v) is 6.81. The Morgan fingerprint density at radius 3 is 2.50 bits per heavy atom. The summed E-state index contributed by atoms with van der Waals surface area (Å²) in [5, 5.41) is 0. The number of nitrogens with one attached hydrogen (secondary N) is 1. The van der Waals surface area contributed by atoms with Gasteiger partial charge < -0.3 is 4.98 Å². The Kier molecular flexibility index (Phi) is 2.53. The summed E-state index contributed by atoms with van der Waals surface area (Å²) in [7, 11) is 0. The Hall–Kier alpha value is -0.790. The predicted molar refractivity (Wildman–Crippen MR) is 65.5 cm³/mol. The van der Waals surface area contributed by atoms with Crippen molar-refractivity contribution in [1.82, 2.24) is 9.97 Å². The number of fused-ring (bicyclic) bond motifs is 1. The maximum absolute atomic E-state index is 4.86. The number of H-pyrrole nitrogens is 1. The molecule has 0 bridgehead atoms. The number of hydrogen-bond acceptors (Lipinski definition) is 1. The molecule has 0 saturated heterocycles. The summed E-state index contributed by atoms with van der Waals surface area (Å²) in [6.45, 7) is 4.72. The summed E-state index contributed by atoms with van der Waals surface area (Å²) < 4.78 is 0. The third-order valence-corrected chi connectivity index (χ3v) is 4.64. The van der Waals surface area contributed by atoms with Crippen LogP contribution in [-0.4, -0.2) is 9.97 Å². The molecule has 0 radical (unpaired) electrons. The molecule has 1 N–H and O–H groups in total. The van der Waals surface area contributed by atoms with Crippen molar-refractivity contribution in [2.75, 3.05) is 0 Å². The molecule has 1 saturated carbocycles. The number of aromatic nitrogens is 2. The molecule has 3 rings (SSSR count). The van der Waals surface area contributed by atoms with Crippen LogP contribution in [0, 0.1) is 11.8 Å². The van der Waals surface area contributed by atoms with Gasteiger partial charge in [-0.25, -0.2) is 4.98 Å². The van der Waals surface area contributed by atoms with Crippen LogP contribution in [-0.2, 0) is 12.8 Å². The van der Waals surface area contributed by atoms with Crippen LogP contribution in [0.25, 0.3) is 0 Å². The first kappa shape index (κ1) is 10.4. The number of rotatable bonds is 1. The standard InChI is InChI=1S/C14H22N2/c1-9-7-12-13(8-10(9)2)16-14(15-12)11-5-3-4-6-11/h9-11H,3-8H2,1-2H3,(H,15,16). The van der Waals surface area contributed by atoms with Crippen LogP contribution in [0.3, 0.4) is 0 Å². The second kappa shape index (κ2) is 3.90. The molecule has 2 aliphatic carbocycles. The smallest absolute Gasteiger partial charge is 0.109 e. The number of nitrogens with zero attached hydrogens (tertiary/aromatic N) is 1. The maximum atomic E-state index is 4.86. The lowest BCUT2D eigenvalue weighted by Gasteiger charge is -2.24. The van der Waals surface area contributed by atoms with Gasteiger partial charge in [0.1, 0.15) is 5.82 Å². The number of imidazole rings is 1. The molecule has 1 aromatic heterocycles. The SMILES string of the molecule is CC1Cc2nc(C3CCCC3)[nH]c2CC1C. The lowest BCUT2D eigenvalue weighted by atomic mass is 9.82. The molecule has 16 heavy (non-hydrogen) atoms. The van der Waals surface area contributed by atoms with Crippen molar-refractivity contribution < 1.29 is 0 Å². The van der Waals surface area contributed by atoms with Crippen molar-refractivity contribution >= 4 is 0 Å². The molecular formula is C14H22N2. The molecule has 1 aromatic rings. The molecule has 2 heteroatoms. The Labute approximate surface area is 97.9 Å². The van der Waals surface area contributed by atoms with Crippen LogP contribution < -0.4 is 0 Å². The van der Waals surface area contributed by atoms with Gasteiger partial charge in [-0.1, -0.05) is 26.7 Å². The largest absolute Gasteiger partial charge is 0.345 e. The normalized spacial score (nSPS) is 30.6. The van der Waals surface area contributed by atoms with Crippen molar-refractivity contribution in [1.29, 1.82) is 0 Å². The molecule has 0 aromatic carbocycles. The Morgan fingerprint density at radius 1 is 1.06 bits per heavy atom. The van der Waals surface area contributed by atoms with Gasteiger partial charge in [0.05, 0.1) is 5.69 Å². The lowest BCUT2D eigenvalue weighted by molar-refractivity contribution is 0.355. The zero-order valence-corrected chi connectivity index (χ0v) is 10.4. The van der Waals surface area contributed by atoms with Crippen molar-refractivity contribution in [3.63, 3.8) is 0 Å². The first-order chi connectivity index (χ1) is 7.74. The quantitative estimate of drug-likeness (QED) is 0.768. The monoisotopic (exact) mass is 218 g/mol. The highest BCUT2D eigenvalue weighted by Crippen LogP contribution is 2.35. The van der Waals surface area contributed by atoms with E-state index in [1.165, 1.54) is 55.7 Å². The molecule has 88 valence electrons. The van der Waals surface area contributed by atoms with E-state index in [9.17, 15) is 0 Å². The molecule has 2 nitrogen and oxygen atoms in total. The predicted octanol–water partition coefficient (Wildman–Crippen LogP) is 3.44. The van der Waals surface area contributed by atoms with E-state index in [-0.39, 0.29) is 0 Å². The van der Waals surface area contributed by atoms with Gasteiger partial charge in [0, 0.05) is 11.6 Å². The van der Waals surface area contributed by atoms with Crippen molar-refractivity contribution in [2.45, 2.75) is 58.3 Å². The Morgan fingerprint density at radius 2 is 1.75 bits per heavy atom. The van der Waals surface area contributed by atoms with E-state index < -0.39 is 0 Å². The van der Waals surface area contributed by atoms with Gasteiger partial charge in [0.15, 0.2) is 0 Å². The van der Waals surface area contributed by atoms with E-state index in [0.717, 1.165) is 17.8 Å². The molecule has 0 spiro atoms. The molecule has 1 fully saturated rings. The Balaban J connectivity index is 1.86. The molecule has 2 unspecified atom stereocenters. The van der Waals surface area contributed by atoms with Crippen LogP contribution in [0.5, 0.6) is 0 Å². The summed E-state index contributed by atoms with van der Waals surface area (Å²) in [6, 6.07) is 0. The van der Waals surface area contributed by atoms with Crippen molar-refractivity contribution in [2.24, 2.45) is 11.8 Å². The summed E-state index contributed by atoms with van der Waals surface area (Å²) in [5.41, 5.74) is 2.81. The highest BCUT2D eigenvalue weighted by Gasteiger charge is 2.27. The highest BCUT2D eigenvalue weighted by molar-refractivity contribution is 5.21. The fourth-order valence-electron chi connectivity index (χ4n) is 3.23. The second-order valence-electron chi connectivity index (χ2n) is 5.89. The minimum absolute atomic E-state index is 0.733. The van der Waals surface area contributed by atoms with Crippen molar-refractivity contribution in [3.05, 3.63) is 17.2 Å². The fraction of sp³-hybridized carbons (Fsp3) is 0.786. The van der Waals surface area contributed by atoms with Crippen LogP contribution in [0.1, 0.15) is 62.7 Å². The van der Waals surface area contributed by atoms with Gasteiger partial charge in [0.2, 0.25) is 0 Å². The van der Waals surface area contributed by atoms with E-state index in [2.05, 4.69) is 18.8 Å². The fourth-order valence-corrected chi connectivity index (χ4v) is 3.23. The maximum Gasteiger partial charge on any atom is 0.109 e. The molecule has 0 aliphatic heterocycles. The van der Waals surface area contributed by atoms with Gasteiger partial charge in [0.25, 0.3) is 0 Å². The number of aromatic amines is 1. The second-order valence-corrected chi connectivity index (χ2v) is 5.89. The van der Waals surface area contributed by atoms with Gasteiger partial charge >= 0.3 is 0 Å². The van der Waals surface area contributed by atoms with Crippen LogP contribution in [0.4, 0.5) is 0 Å². The molecule has 2 atom stereocenters. The summed E-state index contributed by atoms with van der Waals surface area (Å²) in [5.74, 6) is 3.64. The third-order valence-electron chi connectivity index (χ3n) is 4.64. The van der Waals surface area contributed by atoms with Crippen LogP contribution in [0.15, 0.2) is 0 Å². The van der Waals surface area contributed by atoms with E-state index in [1.807, 2.05) is 0 Å². The first-order valence-electron chi connectivity index (χ1n) is 6.81. The number of hydrogen-bond donors (Lipinski definition) is 1. The van der Waals surface area contributed by atoms with Crippen molar-refractivity contribution in [3.8, 4) is 0 Å². The average Bonchev–Trinajstić information content (AvgIpc) is 2.86. The summed E-state index contributed by atoms with van der Waals surface area (Å²) in [6.07, 6.45) is 7.86. The third kappa shape index (κ3) is 1.68. The van der Waals surface area contributed by atoms with E-state index in [4.69, 9.17) is 4.98 Å². The minimum Gasteiger partial charge on any atom is -0.345 e. The van der Waals surface area contributed by atoms with Crippen LogP contribution in [0.2, 0.25) is 0 Å². The van der Waals surface area contributed by atoms with E-state index in [0.29, 0.717) is 0 Å². The lowest BCUT2D eigenvalue weighted by Crippen LogP contribution is -2.20. The average molecular weight is 218 g/mol. The topological polar surface area (TPSA) is 28.7 Å². The van der Waals surface area contributed by atoms with E-state index >= 15 is 0 Å². The molecule has 0 amide bonds. The zero-order chi connectivity index (χ0) is 11.1. The van der Waals surface area contributed by atoms with Gasteiger partial charge in [-0.15, -0.1) is 0 Å². The van der Waals surface area contributed by atoms with Gasteiger partial charge in [-0.3, -0.25) is 0 Å². The molecular weight excluding hydrogens is 196 g/mol. The van der Waals surface area contributed by atoms with Crippen LogP contribution >= 0.6 is 0 Å². The summed E-state index contributed by atoms with van der Waals surface area (Å²) in [4.78, 5) is 8.48. The zero-order valence-electron chi connectivity index (χ0n) is 10.4. The highest BCUT2D eigenvalue weighted by atomic mass is 15.0. The Bertz CT molecular complexity index is 347. The molecule has 2 aliphatic rings.